The summed E-state index contributed by atoms with van der Waals surface area (Å²) in [6.07, 6.45) is 13.0. The van der Waals surface area contributed by atoms with Crippen molar-refractivity contribution < 1.29 is 9.53 Å². The zero-order valence-corrected chi connectivity index (χ0v) is 18.5. The second-order valence-corrected chi connectivity index (χ2v) is 7.65. The monoisotopic (exact) mass is 426 g/mol. The summed E-state index contributed by atoms with van der Waals surface area (Å²) in [5.74, 6) is -0.279. The first-order chi connectivity index (χ1) is 14.7. The van der Waals surface area contributed by atoms with Gasteiger partial charge in [-0.25, -0.2) is 4.79 Å². The van der Waals surface area contributed by atoms with Gasteiger partial charge < -0.3 is 4.74 Å². The number of hydrogen-bond donors (Lipinski definition) is 0. The van der Waals surface area contributed by atoms with Gasteiger partial charge in [0.2, 0.25) is 0 Å². The van der Waals surface area contributed by atoms with Gasteiger partial charge in [0.25, 0.3) is 0 Å². The molecule has 5 heteroatoms. The minimum atomic E-state index is -0.279. The maximum Gasteiger partial charge on any atom is 0.338 e. The highest BCUT2D eigenvalue weighted by Crippen LogP contribution is 2.12. The van der Waals surface area contributed by atoms with E-state index in [1.54, 1.807) is 30.6 Å². The number of benzene rings is 2. The van der Waals surface area contributed by atoms with Crippen LogP contribution in [-0.2, 0) is 4.74 Å². The Morgan fingerprint density at radius 2 is 1.50 bits per heavy atom. The van der Waals surface area contributed by atoms with E-state index in [0.717, 1.165) is 24.0 Å². The first kappa shape index (κ1) is 23.8. The van der Waals surface area contributed by atoms with Crippen LogP contribution in [0, 0.1) is 0 Å². The van der Waals surface area contributed by atoms with Crippen LogP contribution in [0.2, 0.25) is 5.02 Å². The molecule has 0 aliphatic heterocycles. The number of rotatable bonds is 13. The first-order valence-corrected chi connectivity index (χ1v) is 11.2. The highest BCUT2D eigenvalue weighted by molar-refractivity contribution is 6.33. The van der Waals surface area contributed by atoms with Gasteiger partial charge in [0.05, 0.1) is 24.6 Å². The van der Waals surface area contributed by atoms with Crippen molar-refractivity contribution in [2.45, 2.75) is 58.3 Å². The summed E-state index contributed by atoms with van der Waals surface area (Å²) >= 11 is 6.06. The fraction of sp³-hybridized carbons (Fsp3) is 0.400. The van der Waals surface area contributed by atoms with Crippen LogP contribution in [0.1, 0.15) is 79.8 Å². The second kappa shape index (κ2) is 14.5. The average Bonchev–Trinajstić information content (AvgIpc) is 2.77. The number of nitrogens with zero attached hydrogens (tertiary/aromatic N) is 2. The first-order valence-electron chi connectivity index (χ1n) is 10.8. The van der Waals surface area contributed by atoms with E-state index < -0.39 is 0 Å². The second-order valence-electron chi connectivity index (χ2n) is 7.24. The van der Waals surface area contributed by atoms with E-state index in [-0.39, 0.29) is 5.97 Å². The number of unbranched alkanes of at least 4 members (excludes halogenated alkanes) is 7. The third-order valence-electron chi connectivity index (χ3n) is 4.75. The van der Waals surface area contributed by atoms with Gasteiger partial charge in [-0.05, 0) is 30.2 Å². The molecule has 0 saturated heterocycles. The minimum absolute atomic E-state index is 0.279. The quantitative estimate of drug-likeness (QED) is 0.148. The molecular weight excluding hydrogens is 396 g/mol. The standard InChI is InChI=1S/C25H31ClN2O2/c1-2-3-4-5-6-7-8-11-18-30-25(29)22-16-14-21(15-17-22)19-27-28-20-23-12-9-10-13-24(23)26/h9-10,12-17,19-20H,2-8,11,18H2,1H3/b27-19+,28-20+. The topological polar surface area (TPSA) is 51.0 Å². The molecule has 0 atom stereocenters. The molecule has 160 valence electrons. The van der Waals surface area contributed by atoms with Gasteiger partial charge in [-0.3, -0.25) is 0 Å². The normalized spacial score (nSPS) is 11.4. The predicted molar refractivity (Wildman–Crippen MR) is 126 cm³/mol. The Balaban J connectivity index is 1.67. The van der Waals surface area contributed by atoms with Crippen molar-refractivity contribution in [1.82, 2.24) is 0 Å². The fourth-order valence-electron chi connectivity index (χ4n) is 2.96. The van der Waals surface area contributed by atoms with Crippen LogP contribution in [0.15, 0.2) is 58.7 Å². The Bertz CT molecular complexity index is 816. The van der Waals surface area contributed by atoms with Crippen molar-refractivity contribution in [2.75, 3.05) is 6.61 Å². The van der Waals surface area contributed by atoms with Crippen molar-refractivity contribution in [3.8, 4) is 0 Å². The maximum absolute atomic E-state index is 12.1. The lowest BCUT2D eigenvalue weighted by Gasteiger charge is -2.05. The van der Waals surface area contributed by atoms with Gasteiger partial charge in [-0.2, -0.15) is 10.2 Å². The molecule has 0 aliphatic carbocycles. The lowest BCUT2D eigenvalue weighted by atomic mass is 10.1. The van der Waals surface area contributed by atoms with Crippen LogP contribution in [0.5, 0.6) is 0 Å². The van der Waals surface area contributed by atoms with E-state index in [2.05, 4.69) is 17.1 Å². The van der Waals surface area contributed by atoms with E-state index >= 15 is 0 Å². The zero-order valence-electron chi connectivity index (χ0n) is 17.7. The summed E-state index contributed by atoms with van der Waals surface area (Å²) < 4.78 is 5.36. The number of esters is 1. The number of hydrogen-bond acceptors (Lipinski definition) is 4. The molecule has 0 radical (unpaired) electrons. The van der Waals surface area contributed by atoms with E-state index in [1.165, 1.54) is 38.5 Å². The van der Waals surface area contributed by atoms with Crippen LogP contribution in [-0.4, -0.2) is 25.0 Å². The number of halogens is 1. The molecule has 0 aliphatic rings. The molecule has 0 saturated carbocycles. The van der Waals surface area contributed by atoms with Crippen molar-refractivity contribution in [3.05, 3.63) is 70.2 Å². The third-order valence-corrected chi connectivity index (χ3v) is 5.10. The van der Waals surface area contributed by atoms with Gasteiger partial charge in [-0.1, -0.05) is 93.8 Å². The van der Waals surface area contributed by atoms with Gasteiger partial charge >= 0.3 is 5.97 Å². The smallest absolute Gasteiger partial charge is 0.338 e. The SMILES string of the molecule is CCCCCCCCCCOC(=O)c1ccc(/C=N/N=C/c2ccccc2Cl)cc1. The summed E-state index contributed by atoms with van der Waals surface area (Å²) in [7, 11) is 0. The molecular formula is C25H31ClN2O2. The van der Waals surface area contributed by atoms with Crippen molar-refractivity contribution in [2.24, 2.45) is 10.2 Å². The molecule has 0 amide bonds. The zero-order chi connectivity index (χ0) is 21.4. The van der Waals surface area contributed by atoms with Gasteiger partial charge in [0.1, 0.15) is 0 Å². The molecule has 0 spiro atoms. The fourth-order valence-corrected chi connectivity index (χ4v) is 3.15. The van der Waals surface area contributed by atoms with Crippen LogP contribution in [0.3, 0.4) is 0 Å². The van der Waals surface area contributed by atoms with Crippen LogP contribution in [0.4, 0.5) is 0 Å². The molecule has 0 bridgehead atoms. The molecule has 2 aromatic rings. The summed E-state index contributed by atoms with van der Waals surface area (Å²) in [5.41, 5.74) is 2.21. The van der Waals surface area contributed by atoms with Crippen LogP contribution >= 0.6 is 11.6 Å². The lowest BCUT2D eigenvalue weighted by molar-refractivity contribution is 0.0497. The Hall–Kier alpha value is -2.46. The Morgan fingerprint density at radius 1 is 0.867 bits per heavy atom. The highest BCUT2D eigenvalue weighted by Gasteiger charge is 2.06. The highest BCUT2D eigenvalue weighted by atomic mass is 35.5. The Morgan fingerprint density at radius 3 is 2.20 bits per heavy atom. The average molecular weight is 427 g/mol. The molecule has 0 unspecified atom stereocenters. The number of carbonyl (C=O) groups excluding carboxylic acids is 1. The maximum atomic E-state index is 12.1. The predicted octanol–water partition coefficient (Wildman–Crippen LogP) is 7.09. The van der Waals surface area contributed by atoms with Crippen LogP contribution in [0.25, 0.3) is 0 Å². The number of carbonyl (C=O) groups is 1. The summed E-state index contributed by atoms with van der Waals surface area (Å²) in [6, 6.07) is 14.6. The number of ether oxygens (including phenoxy) is 1. The van der Waals surface area contributed by atoms with Crippen LogP contribution < -0.4 is 0 Å². The van der Waals surface area contributed by atoms with E-state index in [1.807, 2.05) is 30.3 Å². The molecule has 4 nitrogen and oxygen atoms in total. The minimum Gasteiger partial charge on any atom is -0.462 e. The summed E-state index contributed by atoms with van der Waals surface area (Å²) in [5, 5.41) is 8.66. The van der Waals surface area contributed by atoms with Crippen molar-refractivity contribution in [1.29, 1.82) is 0 Å². The largest absolute Gasteiger partial charge is 0.462 e. The van der Waals surface area contributed by atoms with Crippen molar-refractivity contribution in [3.63, 3.8) is 0 Å². The molecule has 0 heterocycles. The van der Waals surface area contributed by atoms with Gasteiger partial charge in [-0.15, -0.1) is 0 Å². The summed E-state index contributed by atoms with van der Waals surface area (Å²) in [4.78, 5) is 12.1. The Kier molecular flexibility index (Phi) is 11.5. The van der Waals surface area contributed by atoms with Crippen molar-refractivity contribution >= 4 is 30.0 Å². The van der Waals surface area contributed by atoms with Gasteiger partial charge in [0, 0.05) is 10.6 Å². The molecule has 0 fully saturated rings. The Labute approximate surface area is 185 Å². The van der Waals surface area contributed by atoms with Gasteiger partial charge in [0.15, 0.2) is 0 Å². The molecule has 0 aromatic heterocycles. The third kappa shape index (κ3) is 9.36. The van der Waals surface area contributed by atoms with E-state index in [9.17, 15) is 4.79 Å². The van der Waals surface area contributed by atoms with E-state index in [4.69, 9.17) is 16.3 Å². The molecule has 2 aromatic carbocycles. The molecule has 2 rings (SSSR count). The summed E-state index contributed by atoms with van der Waals surface area (Å²) in [6.45, 7) is 2.71. The molecule has 30 heavy (non-hydrogen) atoms. The molecule has 0 N–H and O–H groups in total. The lowest BCUT2D eigenvalue weighted by Crippen LogP contribution is -2.06. The van der Waals surface area contributed by atoms with E-state index in [0.29, 0.717) is 17.2 Å².